The Bertz CT molecular complexity index is 467. The van der Waals surface area contributed by atoms with E-state index in [4.69, 9.17) is 16.3 Å². The lowest BCUT2D eigenvalue weighted by atomic mass is 10.2. The molecule has 0 aliphatic rings. The van der Waals surface area contributed by atoms with Gasteiger partial charge >= 0.3 is 6.01 Å². The number of ether oxygens (including phenoxy) is 1. The molecule has 1 aromatic carbocycles. The lowest BCUT2D eigenvalue weighted by molar-refractivity contribution is 0.286. The summed E-state index contributed by atoms with van der Waals surface area (Å²) in [5, 5.41) is 7.54. The van der Waals surface area contributed by atoms with Gasteiger partial charge in [0.15, 0.2) is 5.82 Å². The van der Waals surface area contributed by atoms with E-state index in [1.165, 1.54) is 0 Å². The number of aromatic nitrogens is 3. The van der Waals surface area contributed by atoms with Crippen molar-refractivity contribution in [1.29, 1.82) is 0 Å². The van der Waals surface area contributed by atoms with Crippen LogP contribution in [-0.2, 0) is 0 Å². The molecule has 0 aliphatic heterocycles. The quantitative estimate of drug-likeness (QED) is 0.830. The van der Waals surface area contributed by atoms with Gasteiger partial charge in [0, 0.05) is 10.6 Å². The summed E-state index contributed by atoms with van der Waals surface area (Å²) in [6.45, 7) is 2.76. The predicted octanol–water partition coefficient (Wildman–Crippen LogP) is 3.30. The topological polar surface area (TPSA) is 50.8 Å². The van der Waals surface area contributed by atoms with Gasteiger partial charge in [0.25, 0.3) is 0 Å². The van der Waals surface area contributed by atoms with Crippen molar-refractivity contribution in [2.45, 2.75) is 19.8 Å². The lowest BCUT2D eigenvalue weighted by Gasteiger charge is -1.98. The Morgan fingerprint density at radius 1 is 1.29 bits per heavy atom. The molecule has 2 rings (SSSR count). The second-order valence-corrected chi connectivity index (χ2v) is 4.11. The number of halogens is 1. The second-order valence-electron chi connectivity index (χ2n) is 3.68. The molecule has 5 heteroatoms. The standard InChI is InChI=1S/C12H14ClN3O/c1-2-3-8-17-12-14-11(15-16-12)9-4-6-10(13)7-5-9/h4-7H,2-3,8H2,1H3,(H,14,15,16). The van der Waals surface area contributed by atoms with Gasteiger partial charge in [-0.2, -0.15) is 4.98 Å². The predicted molar refractivity (Wildman–Crippen MR) is 67.2 cm³/mol. The van der Waals surface area contributed by atoms with Gasteiger partial charge in [0.1, 0.15) is 0 Å². The summed E-state index contributed by atoms with van der Waals surface area (Å²) >= 11 is 5.82. The number of nitrogens with zero attached hydrogens (tertiary/aromatic N) is 2. The Morgan fingerprint density at radius 3 is 2.76 bits per heavy atom. The van der Waals surface area contributed by atoms with Crippen molar-refractivity contribution in [3.05, 3.63) is 29.3 Å². The van der Waals surface area contributed by atoms with Crippen LogP contribution in [-0.4, -0.2) is 21.8 Å². The van der Waals surface area contributed by atoms with Crippen LogP contribution in [0.2, 0.25) is 5.02 Å². The van der Waals surface area contributed by atoms with Crippen LogP contribution in [0.25, 0.3) is 11.4 Å². The van der Waals surface area contributed by atoms with Gasteiger partial charge in [0.2, 0.25) is 0 Å². The van der Waals surface area contributed by atoms with Gasteiger partial charge in [-0.05, 0) is 30.7 Å². The largest absolute Gasteiger partial charge is 0.462 e. The molecule has 17 heavy (non-hydrogen) atoms. The zero-order valence-corrected chi connectivity index (χ0v) is 10.4. The van der Waals surface area contributed by atoms with Crippen molar-refractivity contribution in [1.82, 2.24) is 15.2 Å². The molecule has 4 nitrogen and oxygen atoms in total. The third-order valence-electron chi connectivity index (χ3n) is 2.31. The summed E-state index contributed by atoms with van der Waals surface area (Å²) in [6.07, 6.45) is 2.10. The molecule has 2 aromatic rings. The maximum Gasteiger partial charge on any atom is 0.335 e. The van der Waals surface area contributed by atoms with E-state index in [2.05, 4.69) is 22.1 Å². The molecular formula is C12H14ClN3O. The zero-order chi connectivity index (χ0) is 12.1. The summed E-state index contributed by atoms with van der Waals surface area (Å²) in [6, 6.07) is 7.80. The van der Waals surface area contributed by atoms with Gasteiger partial charge in [-0.15, -0.1) is 5.10 Å². The van der Waals surface area contributed by atoms with Crippen LogP contribution in [0.5, 0.6) is 6.01 Å². The molecule has 0 fully saturated rings. The molecular weight excluding hydrogens is 238 g/mol. The van der Waals surface area contributed by atoms with Crippen molar-refractivity contribution in [2.24, 2.45) is 0 Å². The van der Waals surface area contributed by atoms with Crippen LogP contribution < -0.4 is 4.74 Å². The van der Waals surface area contributed by atoms with Crippen LogP contribution in [0.1, 0.15) is 19.8 Å². The SMILES string of the molecule is CCCCOc1n[nH]c(-c2ccc(Cl)cc2)n1. The van der Waals surface area contributed by atoms with E-state index in [1.54, 1.807) is 0 Å². The highest BCUT2D eigenvalue weighted by Crippen LogP contribution is 2.19. The first-order valence-corrected chi connectivity index (χ1v) is 5.98. The minimum absolute atomic E-state index is 0.392. The molecule has 0 atom stereocenters. The van der Waals surface area contributed by atoms with Gasteiger partial charge in [-0.1, -0.05) is 24.9 Å². The number of unbranched alkanes of at least 4 members (excludes halogenated alkanes) is 1. The molecule has 90 valence electrons. The average Bonchev–Trinajstić information content (AvgIpc) is 2.79. The number of aromatic amines is 1. The fourth-order valence-corrected chi connectivity index (χ4v) is 1.48. The fourth-order valence-electron chi connectivity index (χ4n) is 1.36. The van der Waals surface area contributed by atoms with Crippen molar-refractivity contribution in [3.63, 3.8) is 0 Å². The summed E-state index contributed by atoms with van der Waals surface area (Å²) < 4.78 is 5.39. The van der Waals surface area contributed by atoms with Gasteiger partial charge in [-0.3, -0.25) is 5.10 Å². The van der Waals surface area contributed by atoms with Crippen LogP contribution in [0.4, 0.5) is 0 Å². The van der Waals surface area contributed by atoms with E-state index in [9.17, 15) is 0 Å². The molecule has 0 unspecified atom stereocenters. The molecule has 1 N–H and O–H groups in total. The van der Waals surface area contributed by atoms with Crippen LogP contribution in [0.3, 0.4) is 0 Å². The van der Waals surface area contributed by atoms with Crippen molar-refractivity contribution in [2.75, 3.05) is 6.61 Å². The molecule has 0 saturated carbocycles. The maximum atomic E-state index is 5.82. The summed E-state index contributed by atoms with van der Waals surface area (Å²) in [5.74, 6) is 0.688. The Kier molecular flexibility index (Phi) is 3.98. The molecule has 0 amide bonds. The first-order chi connectivity index (χ1) is 8.29. The van der Waals surface area contributed by atoms with Crippen molar-refractivity contribution >= 4 is 11.6 Å². The number of nitrogens with one attached hydrogen (secondary N) is 1. The molecule has 0 bridgehead atoms. The molecule has 0 radical (unpaired) electrons. The smallest absolute Gasteiger partial charge is 0.335 e. The van der Waals surface area contributed by atoms with Crippen LogP contribution in [0, 0.1) is 0 Å². The minimum atomic E-state index is 0.392. The van der Waals surface area contributed by atoms with E-state index in [-0.39, 0.29) is 0 Å². The van der Waals surface area contributed by atoms with Gasteiger partial charge in [0.05, 0.1) is 6.61 Å². The molecule has 0 aliphatic carbocycles. The number of hydrogen-bond donors (Lipinski definition) is 1. The van der Waals surface area contributed by atoms with E-state index in [0.29, 0.717) is 23.5 Å². The second kappa shape index (κ2) is 5.68. The van der Waals surface area contributed by atoms with E-state index < -0.39 is 0 Å². The van der Waals surface area contributed by atoms with E-state index in [1.807, 2.05) is 24.3 Å². The van der Waals surface area contributed by atoms with E-state index in [0.717, 1.165) is 18.4 Å². The lowest BCUT2D eigenvalue weighted by Crippen LogP contribution is -1.97. The average molecular weight is 252 g/mol. The zero-order valence-electron chi connectivity index (χ0n) is 9.61. The van der Waals surface area contributed by atoms with Crippen LogP contribution >= 0.6 is 11.6 Å². The summed E-state index contributed by atoms with van der Waals surface area (Å²) in [5.41, 5.74) is 0.937. The summed E-state index contributed by atoms with van der Waals surface area (Å²) in [4.78, 5) is 4.25. The Hall–Kier alpha value is -1.55. The molecule has 0 saturated heterocycles. The molecule has 1 aromatic heterocycles. The highest BCUT2D eigenvalue weighted by Gasteiger charge is 2.05. The van der Waals surface area contributed by atoms with Crippen molar-refractivity contribution in [3.8, 4) is 17.4 Å². The number of benzene rings is 1. The van der Waals surface area contributed by atoms with Crippen molar-refractivity contribution < 1.29 is 4.74 Å². The first kappa shape index (κ1) is 11.9. The number of H-pyrrole nitrogens is 1. The fraction of sp³-hybridized carbons (Fsp3) is 0.333. The van der Waals surface area contributed by atoms with Gasteiger partial charge < -0.3 is 4.74 Å². The monoisotopic (exact) mass is 251 g/mol. The Morgan fingerprint density at radius 2 is 2.06 bits per heavy atom. The minimum Gasteiger partial charge on any atom is -0.462 e. The normalized spacial score (nSPS) is 10.5. The molecule has 0 spiro atoms. The van der Waals surface area contributed by atoms with E-state index >= 15 is 0 Å². The third kappa shape index (κ3) is 3.20. The third-order valence-corrected chi connectivity index (χ3v) is 2.56. The highest BCUT2D eigenvalue weighted by atomic mass is 35.5. The Balaban J connectivity index is 2.04. The Labute approximate surface area is 105 Å². The highest BCUT2D eigenvalue weighted by molar-refractivity contribution is 6.30. The van der Waals surface area contributed by atoms with Crippen LogP contribution in [0.15, 0.2) is 24.3 Å². The molecule has 1 heterocycles. The first-order valence-electron chi connectivity index (χ1n) is 5.60. The number of rotatable bonds is 5. The maximum absolute atomic E-state index is 5.82. The number of hydrogen-bond acceptors (Lipinski definition) is 3. The van der Waals surface area contributed by atoms with Gasteiger partial charge in [-0.25, -0.2) is 0 Å². The summed E-state index contributed by atoms with van der Waals surface area (Å²) in [7, 11) is 0.